The van der Waals surface area contributed by atoms with Gasteiger partial charge in [0.1, 0.15) is 6.23 Å². The first-order chi connectivity index (χ1) is 9.35. The average molecular weight is 302 g/mol. The number of nitrogens with one attached hydrogen (secondary N) is 1. The maximum atomic E-state index is 11.8. The van der Waals surface area contributed by atoms with Crippen LogP contribution in [0.4, 0.5) is 0 Å². The number of rotatable bonds is 1. The summed E-state index contributed by atoms with van der Waals surface area (Å²) in [7, 11) is -3.53. The lowest BCUT2D eigenvalue weighted by atomic mass is 10.0. The average Bonchev–Trinajstić information content (AvgIpc) is 2.74. The molecule has 1 unspecified atom stereocenters. The molecule has 1 aromatic rings. The van der Waals surface area contributed by atoms with Crippen LogP contribution in [0.1, 0.15) is 18.2 Å². The highest BCUT2D eigenvalue weighted by atomic mass is 31.2. The van der Waals surface area contributed by atoms with E-state index in [1.165, 1.54) is 10.8 Å². The molecule has 2 N–H and O–H groups in total. The largest absolute Gasteiger partial charge is 0.352 e. The van der Waals surface area contributed by atoms with Gasteiger partial charge in [-0.15, -0.1) is 0 Å². The number of aromatic nitrogens is 2. The quantitative estimate of drug-likeness (QED) is 0.704. The predicted octanol–water partition coefficient (Wildman–Crippen LogP) is -0.0357. The molecule has 4 atom stereocenters. The Kier molecular flexibility index (Phi) is 3.21. The first-order valence-electron chi connectivity index (χ1n) is 6.29. The lowest BCUT2D eigenvalue weighted by Crippen LogP contribution is -2.33. The predicted molar refractivity (Wildman–Crippen MR) is 68.7 cm³/mol. The Hall–Kier alpha value is -1.21. The third-order valence-electron chi connectivity index (χ3n) is 3.72. The maximum absolute atomic E-state index is 11.8. The van der Waals surface area contributed by atoms with Gasteiger partial charge in [0.25, 0.3) is 5.56 Å². The standard InChI is InChI=1S/C11H15N2O6P/c1-6-3-13(11(15)12-10(6)14)9-2-7-5-20(16,17)18-4-8(7)19-9/h3,7-9H,2,4-5H2,1H3,(H,16,17)(H,12,14,15)/t7-,8-,9+/m1/s1. The number of aryl methyl sites for hydroxylation is 1. The van der Waals surface area contributed by atoms with E-state index >= 15 is 0 Å². The molecule has 9 heteroatoms. The molecule has 0 aliphatic carbocycles. The summed E-state index contributed by atoms with van der Waals surface area (Å²) in [4.78, 5) is 34.8. The molecule has 3 heterocycles. The van der Waals surface area contributed by atoms with E-state index < -0.39 is 25.1 Å². The fraction of sp³-hybridized carbons (Fsp3) is 0.636. The van der Waals surface area contributed by atoms with Crippen LogP contribution in [0.5, 0.6) is 0 Å². The third-order valence-corrected chi connectivity index (χ3v) is 5.21. The first-order valence-corrected chi connectivity index (χ1v) is 8.06. The minimum Gasteiger partial charge on any atom is -0.352 e. The van der Waals surface area contributed by atoms with Crippen molar-refractivity contribution in [2.45, 2.75) is 25.7 Å². The molecule has 8 nitrogen and oxygen atoms in total. The lowest BCUT2D eigenvalue weighted by molar-refractivity contribution is -0.0336. The van der Waals surface area contributed by atoms with Crippen LogP contribution in [0.25, 0.3) is 0 Å². The van der Waals surface area contributed by atoms with Gasteiger partial charge in [-0.25, -0.2) is 4.79 Å². The molecule has 0 amide bonds. The highest BCUT2D eigenvalue weighted by Gasteiger charge is 2.45. The molecule has 0 saturated carbocycles. The van der Waals surface area contributed by atoms with E-state index in [1.807, 2.05) is 0 Å². The zero-order valence-corrected chi connectivity index (χ0v) is 11.7. The Balaban J connectivity index is 1.88. The smallest absolute Gasteiger partial charge is 0.330 e. The minimum atomic E-state index is -3.53. The van der Waals surface area contributed by atoms with E-state index in [0.29, 0.717) is 12.0 Å². The maximum Gasteiger partial charge on any atom is 0.330 e. The second-order valence-electron chi connectivity index (χ2n) is 5.22. The number of hydrogen-bond acceptors (Lipinski definition) is 5. The Morgan fingerprint density at radius 2 is 2.25 bits per heavy atom. The lowest BCUT2D eigenvalue weighted by Gasteiger charge is -2.26. The van der Waals surface area contributed by atoms with E-state index in [4.69, 9.17) is 9.26 Å². The van der Waals surface area contributed by atoms with Gasteiger partial charge in [-0.3, -0.25) is 18.9 Å². The van der Waals surface area contributed by atoms with Crippen LogP contribution < -0.4 is 11.2 Å². The molecule has 0 aromatic carbocycles. The van der Waals surface area contributed by atoms with Crippen molar-refractivity contribution in [3.8, 4) is 0 Å². The van der Waals surface area contributed by atoms with Crippen LogP contribution in [0.3, 0.4) is 0 Å². The molecule has 0 radical (unpaired) electrons. The number of nitrogens with zero attached hydrogens (tertiary/aromatic N) is 1. The molecule has 2 aliphatic rings. The molecule has 3 rings (SSSR count). The zero-order chi connectivity index (χ0) is 14.5. The van der Waals surface area contributed by atoms with Gasteiger partial charge in [0.2, 0.25) is 0 Å². The van der Waals surface area contributed by atoms with Crippen LogP contribution in [-0.4, -0.2) is 33.3 Å². The van der Waals surface area contributed by atoms with Crippen LogP contribution in [0, 0.1) is 12.8 Å². The fourth-order valence-electron chi connectivity index (χ4n) is 2.66. The summed E-state index contributed by atoms with van der Waals surface area (Å²) in [6.07, 6.45) is 1.08. The van der Waals surface area contributed by atoms with Gasteiger partial charge in [0, 0.05) is 17.7 Å². The number of H-pyrrole nitrogens is 1. The van der Waals surface area contributed by atoms with Crippen molar-refractivity contribution in [3.05, 3.63) is 32.6 Å². The van der Waals surface area contributed by atoms with E-state index in [1.54, 1.807) is 6.92 Å². The normalized spacial score (nSPS) is 36.8. The highest BCUT2D eigenvalue weighted by molar-refractivity contribution is 7.52. The minimum absolute atomic E-state index is 0.0330. The summed E-state index contributed by atoms with van der Waals surface area (Å²) in [6.45, 7) is 1.65. The summed E-state index contributed by atoms with van der Waals surface area (Å²) < 4.78 is 23.4. The summed E-state index contributed by atoms with van der Waals surface area (Å²) in [5.74, 6) is -0.122. The van der Waals surface area contributed by atoms with Crippen LogP contribution in [-0.2, 0) is 13.8 Å². The van der Waals surface area contributed by atoms with Crippen molar-refractivity contribution in [2.75, 3.05) is 12.8 Å². The Bertz CT molecular complexity index is 695. The van der Waals surface area contributed by atoms with Gasteiger partial charge in [0.05, 0.1) is 18.9 Å². The summed E-state index contributed by atoms with van der Waals surface area (Å²) in [5, 5.41) is 0. The third kappa shape index (κ3) is 2.40. The van der Waals surface area contributed by atoms with Gasteiger partial charge in [0.15, 0.2) is 0 Å². The van der Waals surface area contributed by atoms with E-state index in [2.05, 4.69) is 4.98 Å². The molecule has 2 aliphatic heterocycles. The summed E-state index contributed by atoms with van der Waals surface area (Å²) in [5.41, 5.74) is -0.561. The molecule has 20 heavy (non-hydrogen) atoms. The van der Waals surface area contributed by atoms with Crippen LogP contribution in [0.2, 0.25) is 0 Å². The summed E-state index contributed by atoms with van der Waals surface area (Å²) in [6, 6.07) is 0. The molecule has 2 fully saturated rings. The first kappa shape index (κ1) is 13.8. The molecule has 0 spiro atoms. The van der Waals surface area contributed by atoms with Crippen molar-refractivity contribution in [1.82, 2.24) is 9.55 Å². The topological polar surface area (TPSA) is 111 Å². The van der Waals surface area contributed by atoms with Crippen LogP contribution >= 0.6 is 7.60 Å². The number of aromatic amines is 1. The molecular formula is C11H15N2O6P. The molecule has 2 saturated heterocycles. The van der Waals surface area contributed by atoms with Crippen molar-refractivity contribution in [2.24, 2.45) is 5.92 Å². The Morgan fingerprint density at radius 3 is 3.00 bits per heavy atom. The second-order valence-corrected chi connectivity index (χ2v) is 7.12. The number of ether oxygens (including phenoxy) is 1. The molecule has 0 bridgehead atoms. The van der Waals surface area contributed by atoms with E-state index in [9.17, 15) is 19.0 Å². The van der Waals surface area contributed by atoms with Crippen molar-refractivity contribution >= 4 is 7.60 Å². The Labute approximate surface area is 113 Å². The number of hydrogen-bond donors (Lipinski definition) is 2. The fourth-order valence-corrected chi connectivity index (χ4v) is 4.13. The van der Waals surface area contributed by atoms with Crippen molar-refractivity contribution < 1.29 is 18.7 Å². The summed E-state index contributed by atoms with van der Waals surface area (Å²) >= 11 is 0. The Morgan fingerprint density at radius 1 is 1.50 bits per heavy atom. The highest BCUT2D eigenvalue weighted by Crippen LogP contribution is 2.52. The van der Waals surface area contributed by atoms with Gasteiger partial charge in [-0.05, 0) is 13.3 Å². The van der Waals surface area contributed by atoms with Crippen LogP contribution in [0.15, 0.2) is 15.8 Å². The number of fused-ring (bicyclic) bond motifs is 1. The monoisotopic (exact) mass is 302 g/mol. The SMILES string of the molecule is Cc1cn([C@@H]2C[C@@H]3CP(=O)(O)OC[C@H]3O2)c(=O)[nH]c1=O. The van der Waals surface area contributed by atoms with Crippen molar-refractivity contribution in [3.63, 3.8) is 0 Å². The molecule has 1 aromatic heterocycles. The van der Waals surface area contributed by atoms with Gasteiger partial charge in [-0.1, -0.05) is 0 Å². The van der Waals surface area contributed by atoms with Crippen molar-refractivity contribution in [1.29, 1.82) is 0 Å². The van der Waals surface area contributed by atoms with E-state index in [0.717, 1.165) is 0 Å². The molecule has 110 valence electrons. The molecular weight excluding hydrogens is 287 g/mol. The second kappa shape index (κ2) is 4.66. The van der Waals surface area contributed by atoms with Gasteiger partial charge >= 0.3 is 13.3 Å². The zero-order valence-electron chi connectivity index (χ0n) is 10.8. The van der Waals surface area contributed by atoms with Gasteiger partial charge in [-0.2, -0.15) is 0 Å². The van der Waals surface area contributed by atoms with Gasteiger partial charge < -0.3 is 14.2 Å². The van der Waals surface area contributed by atoms with E-state index in [-0.39, 0.29) is 24.8 Å².